The Morgan fingerprint density at radius 3 is 2.38 bits per heavy atom. The Bertz CT molecular complexity index is 204. The molecule has 0 radical (unpaired) electrons. The van der Waals surface area contributed by atoms with E-state index in [0.717, 1.165) is 11.3 Å². The van der Waals surface area contributed by atoms with Gasteiger partial charge in [-0.2, -0.15) is 0 Å². The molecule has 0 aromatic carbocycles. The van der Waals surface area contributed by atoms with Crippen molar-refractivity contribution < 1.29 is 4.79 Å². The molecule has 2 fully saturated rings. The lowest BCUT2D eigenvalue weighted by molar-refractivity contribution is -0.106. The summed E-state index contributed by atoms with van der Waals surface area (Å²) in [7, 11) is 4.32. The van der Waals surface area contributed by atoms with Crippen molar-refractivity contribution in [1.29, 1.82) is 0 Å². The molecule has 0 aromatic rings. The zero-order valence-corrected chi connectivity index (χ0v) is 10.5. The van der Waals surface area contributed by atoms with Crippen molar-refractivity contribution in [2.24, 2.45) is 17.1 Å². The van der Waals surface area contributed by atoms with Crippen LogP contribution in [-0.4, -0.2) is 45.0 Å². The van der Waals surface area contributed by atoms with Crippen molar-refractivity contribution in [3.63, 3.8) is 0 Å². The van der Waals surface area contributed by atoms with Gasteiger partial charge in [0.1, 0.15) is 0 Å². The van der Waals surface area contributed by atoms with Gasteiger partial charge in [-0.1, -0.05) is 0 Å². The van der Waals surface area contributed by atoms with Crippen LogP contribution in [0.3, 0.4) is 0 Å². The standard InChI is InChI=1S/C11H22N2.CH3NO/c1-12-9-10-7-11(8-10)3-5-13(2)6-4-11;2-1-3/h10,12H,3-9H2,1-2H3;1H,(H2,2,3). The maximum absolute atomic E-state index is 8.58. The van der Waals surface area contributed by atoms with Crippen molar-refractivity contribution >= 4 is 6.41 Å². The molecule has 1 heterocycles. The first-order valence-electron chi connectivity index (χ1n) is 6.14. The summed E-state index contributed by atoms with van der Waals surface area (Å²) in [5, 5.41) is 3.29. The molecule has 1 saturated carbocycles. The smallest absolute Gasteiger partial charge is 0.204 e. The van der Waals surface area contributed by atoms with Gasteiger partial charge < -0.3 is 16.0 Å². The quantitative estimate of drug-likeness (QED) is 0.673. The van der Waals surface area contributed by atoms with Crippen LogP contribution in [0.1, 0.15) is 25.7 Å². The summed E-state index contributed by atoms with van der Waals surface area (Å²) in [5.74, 6) is 0.980. The lowest BCUT2D eigenvalue weighted by Gasteiger charge is -2.52. The number of likely N-dealkylation sites (tertiary alicyclic amines) is 1. The third-order valence-electron chi connectivity index (χ3n) is 3.98. The molecule has 1 amide bonds. The highest BCUT2D eigenvalue weighted by Gasteiger charge is 2.44. The fourth-order valence-electron chi connectivity index (χ4n) is 3.10. The number of carbonyl (C=O) groups excluding carboxylic acids is 1. The van der Waals surface area contributed by atoms with E-state index in [1.54, 1.807) is 0 Å². The SMILES string of the molecule is CNCC1CC2(CCN(C)CC2)C1.NC=O. The van der Waals surface area contributed by atoms with Crippen LogP contribution < -0.4 is 11.1 Å². The minimum atomic E-state index is 0.250. The van der Waals surface area contributed by atoms with E-state index in [-0.39, 0.29) is 6.41 Å². The second-order valence-corrected chi connectivity index (χ2v) is 5.27. The zero-order chi connectivity index (χ0) is 12.0. The van der Waals surface area contributed by atoms with E-state index in [2.05, 4.69) is 30.0 Å². The van der Waals surface area contributed by atoms with Gasteiger partial charge in [-0.15, -0.1) is 0 Å². The minimum Gasteiger partial charge on any atom is -0.372 e. The van der Waals surface area contributed by atoms with Gasteiger partial charge in [0.2, 0.25) is 6.41 Å². The van der Waals surface area contributed by atoms with E-state index in [0.29, 0.717) is 0 Å². The molecule has 1 aliphatic carbocycles. The first-order chi connectivity index (χ1) is 7.65. The zero-order valence-electron chi connectivity index (χ0n) is 10.5. The van der Waals surface area contributed by atoms with Gasteiger partial charge in [0, 0.05) is 0 Å². The summed E-state index contributed by atoms with van der Waals surface area (Å²) >= 11 is 0. The van der Waals surface area contributed by atoms with Gasteiger partial charge in [-0.25, -0.2) is 0 Å². The first-order valence-corrected chi connectivity index (χ1v) is 6.14. The van der Waals surface area contributed by atoms with Crippen LogP contribution in [0.5, 0.6) is 0 Å². The number of primary amides is 1. The highest BCUT2D eigenvalue weighted by atomic mass is 16.1. The molecule has 16 heavy (non-hydrogen) atoms. The molecular weight excluding hydrogens is 202 g/mol. The summed E-state index contributed by atoms with van der Waals surface area (Å²) in [6.07, 6.45) is 6.12. The Kier molecular flexibility index (Phi) is 5.22. The molecule has 0 bridgehead atoms. The Labute approximate surface area is 98.6 Å². The van der Waals surface area contributed by atoms with Crippen LogP contribution in [0.2, 0.25) is 0 Å². The number of hydrogen-bond donors (Lipinski definition) is 2. The fourth-order valence-corrected chi connectivity index (χ4v) is 3.10. The number of hydrogen-bond acceptors (Lipinski definition) is 3. The second-order valence-electron chi connectivity index (χ2n) is 5.27. The molecule has 0 unspecified atom stereocenters. The average molecular weight is 227 g/mol. The summed E-state index contributed by atoms with van der Waals surface area (Å²) < 4.78 is 0. The van der Waals surface area contributed by atoms with Crippen molar-refractivity contribution in [2.45, 2.75) is 25.7 Å². The predicted molar refractivity (Wildman–Crippen MR) is 66.1 cm³/mol. The third-order valence-corrected chi connectivity index (χ3v) is 3.98. The van der Waals surface area contributed by atoms with Crippen LogP contribution in [0, 0.1) is 11.3 Å². The molecule has 4 nitrogen and oxygen atoms in total. The number of amides is 1. The number of nitrogens with zero attached hydrogens (tertiary/aromatic N) is 1. The van der Waals surface area contributed by atoms with Gasteiger partial charge in [0.05, 0.1) is 0 Å². The molecule has 0 atom stereocenters. The number of rotatable bonds is 2. The topological polar surface area (TPSA) is 58.4 Å². The second kappa shape index (κ2) is 6.21. The molecule has 1 saturated heterocycles. The number of nitrogens with two attached hydrogens (primary N) is 1. The Morgan fingerprint density at radius 1 is 1.44 bits per heavy atom. The Hall–Kier alpha value is -0.610. The normalized spacial score (nSPS) is 24.4. The number of piperidine rings is 1. The van der Waals surface area contributed by atoms with Crippen molar-refractivity contribution in [2.75, 3.05) is 33.7 Å². The molecule has 1 aliphatic heterocycles. The van der Waals surface area contributed by atoms with Crippen LogP contribution in [0.4, 0.5) is 0 Å². The molecule has 0 aromatic heterocycles. The molecule has 4 heteroatoms. The monoisotopic (exact) mass is 227 g/mol. The summed E-state index contributed by atoms with van der Waals surface area (Å²) in [6, 6.07) is 0. The molecule has 2 rings (SSSR count). The first kappa shape index (κ1) is 13.5. The van der Waals surface area contributed by atoms with E-state index in [1.165, 1.54) is 45.3 Å². The molecule has 2 aliphatic rings. The third kappa shape index (κ3) is 3.46. The van der Waals surface area contributed by atoms with E-state index < -0.39 is 0 Å². The highest BCUT2D eigenvalue weighted by molar-refractivity contribution is 5.42. The van der Waals surface area contributed by atoms with Gasteiger partial charge in [0.15, 0.2) is 0 Å². The summed E-state index contributed by atoms with van der Waals surface area (Å²) in [6.45, 7) is 3.89. The maximum Gasteiger partial charge on any atom is 0.204 e. The average Bonchev–Trinajstić information content (AvgIpc) is 2.21. The number of carbonyl (C=O) groups is 1. The lowest BCUT2D eigenvalue weighted by atomic mass is 9.57. The lowest BCUT2D eigenvalue weighted by Crippen LogP contribution is -2.48. The summed E-state index contributed by atoms with van der Waals surface area (Å²) in [4.78, 5) is 11.1. The van der Waals surface area contributed by atoms with Crippen LogP contribution in [-0.2, 0) is 4.79 Å². The minimum absolute atomic E-state index is 0.250. The van der Waals surface area contributed by atoms with E-state index in [9.17, 15) is 0 Å². The van der Waals surface area contributed by atoms with Gasteiger partial charge in [-0.3, -0.25) is 4.79 Å². The maximum atomic E-state index is 8.58. The van der Waals surface area contributed by atoms with E-state index >= 15 is 0 Å². The van der Waals surface area contributed by atoms with Gasteiger partial charge in [0.25, 0.3) is 0 Å². The molecule has 94 valence electrons. The Morgan fingerprint density at radius 2 is 1.94 bits per heavy atom. The highest BCUT2D eigenvalue weighted by Crippen LogP contribution is 2.51. The molecular formula is C12H25N3O. The summed E-state index contributed by atoms with van der Waals surface area (Å²) in [5.41, 5.74) is 4.94. The van der Waals surface area contributed by atoms with Gasteiger partial charge in [-0.05, 0) is 70.7 Å². The number of nitrogens with one attached hydrogen (secondary N) is 1. The van der Waals surface area contributed by atoms with Crippen LogP contribution in [0.25, 0.3) is 0 Å². The van der Waals surface area contributed by atoms with E-state index in [1.807, 2.05) is 0 Å². The molecule has 1 spiro atoms. The fraction of sp³-hybridized carbons (Fsp3) is 0.917. The van der Waals surface area contributed by atoms with Crippen molar-refractivity contribution in [3.8, 4) is 0 Å². The van der Waals surface area contributed by atoms with E-state index in [4.69, 9.17) is 4.79 Å². The van der Waals surface area contributed by atoms with Crippen LogP contribution >= 0.6 is 0 Å². The largest absolute Gasteiger partial charge is 0.372 e. The van der Waals surface area contributed by atoms with Crippen molar-refractivity contribution in [1.82, 2.24) is 10.2 Å². The Balaban J connectivity index is 0.000000386. The molecule has 3 N–H and O–H groups in total. The van der Waals surface area contributed by atoms with Crippen LogP contribution in [0.15, 0.2) is 0 Å². The van der Waals surface area contributed by atoms with Crippen molar-refractivity contribution in [3.05, 3.63) is 0 Å². The van der Waals surface area contributed by atoms with Gasteiger partial charge >= 0.3 is 0 Å². The predicted octanol–water partition coefficient (Wildman–Crippen LogP) is 0.429.